The standard InChI is InChI=1S/C18H25N5/c1-13-7-11-22(12-8-13)17-18(20-10-9-19-17)23-14(2)15-5-3-4-6-16(15)21-23/h9-10,13H,3-8,11-12H2,1-2H3. The number of nitrogens with zero attached hydrogens (tertiary/aromatic N) is 5. The molecule has 2 aromatic rings. The second kappa shape index (κ2) is 5.95. The third-order valence-electron chi connectivity index (χ3n) is 5.36. The van der Waals surface area contributed by atoms with E-state index in [0.717, 1.165) is 43.5 Å². The van der Waals surface area contributed by atoms with Crippen LogP contribution in [-0.4, -0.2) is 32.8 Å². The van der Waals surface area contributed by atoms with Gasteiger partial charge in [0.05, 0.1) is 5.69 Å². The molecular weight excluding hydrogens is 286 g/mol. The van der Waals surface area contributed by atoms with Crippen LogP contribution >= 0.6 is 0 Å². The van der Waals surface area contributed by atoms with E-state index in [4.69, 9.17) is 5.10 Å². The molecule has 2 aliphatic rings. The lowest BCUT2D eigenvalue weighted by Gasteiger charge is -2.31. The van der Waals surface area contributed by atoms with Gasteiger partial charge in [0.25, 0.3) is 0 Å². The topological polar surface area (TPSA) is 46.8 Å². The zero-order valence-electron chi connectivity index (χ0n) is 14.1. The molecule has 1 aliphatic carbocycles. The first-order chi connectivity index (χ1) is 11.2. The van der Waals surface area contributed by atoms with Crippen LogP contribution in [0.25, 0.3) is 5.82 Å². The Hall–Kier alpha value is -1.91. The molecule has 0 spiro atoms. The minimum Gasteiger partial charge on any atom is -0.353 e. The fourth-order valence-corrected chi connectivity index (χ4v) is 3.84. The lowest BCUT2D eigenvalue weighted by atomic mass is 9.96. The Morgan fingerprint density at radius 2 is 1.70 bits per heavy atom. The summed E-state index contributed by atoms with van der Waals surface area (Å²) < 4.78 is 2.04. The van der Waals surface area contributed by atoms with Gasteiger partial charge in [-0.25, -0.2) is 14.6 Å². The van der Waals surface area contributed by atoms with Crippen LogP contribution in [0.2, 0.25) is 0 Å². The van der Waals surface area contributed by atoms with Crippen LogP contribution in [0.5, 0.6) is 0 Å². The van der Waals surface area contributed by atoms with Gasteiger partial charge in [-0.2, -0.15) is 5.10 Å². The molecule has 0 N–H and O–H groups in total. The molecule has 0 unspecified atom stereocenters. The molecule has 0 amide bonds. The molecule has 3 heterocycles. The minimum absolute atomic E-state index is 0.810. The molecule has 1 saturated heterocycles. The van der Waals surface area contributed by atoms with Crippen molar-refractivity contribution in [2.24, 2.45) is 5.92 Å². The predicted octanol–water partition coefficient (Wildman–Crippen LogP) is 3.09. The molecule has 5 nitrogen and oxygen atoms in total. The quantitative estimate of drug-likeness (QED) is 0.855. The number of hydrogen-bond donors (Lipinski definition) is 0. The minimum atomic E-state index is 0.810. The van der Waals surface area contributed by atoms with Crippen molar-refractivity contribution in [3.8, 4) is 5.82 Å². The van der Waals surface area contributed by atoms with Crippen LogP contribution in [0.15, 0.2) is 12.4 Å². The van der Waals surface area contributed by atoms with Gasteiger partial charge in [-0.3, -0.25) is 0 Å². The first-order valence-corrected chi connectivity index (χ1v) is 8.87. The van der Waals surface area contributed by atoms with Gasteiger partial charge in [0.15, 0.2) is 11.6 Å². The Morgan fingerprint density at radius 3 is 2.43 bits per heavy atom. The summed E-state index contributed by atoms with van der Waals surface area (Å²) in [6.07, 6.45) is 10.8. The summed E-state index contributed by atoms with van der Waals surface area (Å²) >= 11 is 0. The maximum absolute atomic E-state index is 4.88. The summed E-state index contributed by atoms with van der Waals surface area (Å²) in [6.45, 7) is 6.63. The monoisotopic (exact) mass is 311 g/mol. The van der Waals surface area contributed by atoms with Crippen molar-refractivity contribution in [1.82, 2.24) is 19.7 Å². The number of aromatic nitrogens is 4. The Balaban J connectivity index is 1.74. The molecule has 0 radical (unpaired) electrons. The highest BCUT2D eigenvalue weighted by Gasteiger charge is 2.24. The van der Waals surface area contributed by atoms with Crippen LogP contribution in [0.4, 0.5) is 5.82 Å². The summed E-state index contributed by atoms with van der Waals surface area (Å²) in [5.41, 5.74) is 3.93. The van der Waals surface area contributed by atoms with E-state index in [-0.39, 0.29) is 0 Å². The molecule has 1 aliphatic heterocycles. The number of fused-ring (bicyclic) bond motifs is 1. The van der Waals surface area contributed by atoms with Crippen molar-refractivity contribution in [2.75, 3.05) is 18.0 Å². The highest BCUT2D eigenvalue weighted by molar-refractivity contribution is 5.54. The fourth-order valence-electron chi connectivity index (χ4n) is 3.84. The molecule has 122 valence electrons. The number of hydrogen-bond acceptors (Lipinski definition) is 4. The molecule has 0 saturated carbocycles. The molecule has 4 rings (SSSR count). The Kier molecular flexibility index (Phi) is 3.79. The fraction of sp³-hybridized carbons (Fsp3) is 0.611. The van der Waals surface area contributed by atoms with Crippen molar-refractivity contribution in [3.63, 3.8) is 0 Å². The van der Waals surface area contributed by atoms with E-state index < -0.39 is 0 Å². The number of rotatable bonds is 2. The van der Waals surface area contributed by atoms with E-state index in [1.165, 1.54) is 42.6 Å². The lowest BCUT2D eigenvalue weighted by molar-refractivity contribution is 0.436. The SMILES string of the molecule is Cc1c2c(nn1-c1nccnc1N1CCC(C)CC1)CCCC2. The van der Waals surface area contributed by atoms with Crippen LogP contribution in [0.1, 0.15) is 49.6 Å². The zero-order chi connectivity index (χ0) is 15.8. The second-order valence-corrected chi connectivity index (χ2v) is 7.00. The van der Waals surface area contributed by atoms with Gasteiger partial charge < -0.3 is 4.90 Å². The third kappa shape index (κ3) is 2.62. The lowest BCUT2D eigenvalue weighted by Crippen LogP contribution is -2.34. The summed E-state index contributed by atoms with van der Waals surface area (Å²) in [5, 5.41) is 4.88. The largest absolute Gasteiger partial charge is 0.353 e. The van der Waals surface area contributed by atoms with Gasteiger partial charge in [0.1, 0.15) is 0 Å². The van der Waals surface area contributed by atoms with Gasteiger partial charge in [-0.15, -0.1) is 0 Å². The van der Waals surface area contributed by atoms with Crippen molar-refractivity contribution >= 4 is 5.82 Å². The zero-order valence-corrected chi connectivity index (χ0v) is 14.1. The van der Waals surface area contributed by atoms with Gasteiger partial charge in [0.2, 0.25) is 0 Å². The first-order valence-electron chi connectivity index (χ1n) is 8.87. The molecule has 1 fully saturated rings. The maximum atomic E-state index is 4.88. The van der Waals surface area contributed by atoms with E-state index in [1.54, 1.807) is 12.4 Å². The highest BCUT2D eigenvalue weighted by atomic mass is 15.4. The van der Waals surface area contributed by atoms with Crippen LogP contribution < -0.4 is 4.90 Å². The van der Waals surface area contributed by atoms with E-state index >= 15 is 0 Å². The third-order valence-corrected chi connectivity index (χ3v) is 5.36. The van der Waals surface area contributed by atoms with E-state index in [2.05, 4.69) is 28.7 Å². The van der Waals surface area contributed by atoms with Gasteiger partial charge in [-0.05, 0) is 56.9 Å². The Labute approximate surface area is 137 Å². The summed E-state index contributed by atoms with van der Waals surface area (Å²) in [5.74, 6) is 2.70. The summed E-state index contributed by atoms with van der Waals surface area (Å²) in [7, 11) is 0. The molecule has 5 heteroatoms. The molecule has 0 bridgehead atoms. The average molecular weight is 311 g/mol. The van der Waals surface area contributed by atoms with E-state index in [0.29, 0.717) is 0 Å². The molecular formula is C18H25N5. The van der Waals surface area contributed by atoms with Crippen molar-refractivity contribution in [3.05, 3.63) is 29.3 Å². The Bertz CT molecular complexity index is 697. The Morgan fingerprint density at radius 1 is 1.00 bits per heavy atom. The van der Waals surface area contributed by atoms with Crippen LogP contribution in [0.3, 0.4) is 0 Å². The van der Waals surface area contributed by atoms with Crippen molar-refractivity contribution in [1.29, 1.82) is 0 Å². The average Bonchev–Trinajstić information content (AvgIpc) is 2.93. The predicted molar refractivity (Wildman–Crippen MR) is 91.1 cm³/mol. The highest BCUT2D eigenvalue weighted by Crippen LogP contribution is 2.29. The smallest absolute Gasteiger partial charge is 0.197 e. The molecule has 0 atom stereocenters. The molecule has 2 aromatic heterocycles. The maximum Gasteiger partial charge on any atom is 0.197 e. The first kappa shape index (κ1) is 14.7. The normalized spacial score (nSPS) is 19.0. The van der Waals surface area contributed by atoms with E-state index in [1.807, 2.05) is 4.68 Å². The summed E-state index contributed by atoms with van der Waals surface area (Å²) in [6, 6.07) is 0. The number of piperidine rings is 1. The number of aryl methyl sites for hydroxylation is 1. The van der Waals surface area contributed by atoms with Crippen LogP contribution in [0, 0.1) is 12.8 Å². The van der Waals surface area contributed by atoms with Crippen molar-refractivity contribution in [2.45, 2.75) is 52.4 Å². The van der Waals surface area contributed by atoms with Crippen molar-refractivity contribution < 1.29 is 0 Å². The second-order valence-electron chi connectivity index (χ2n) is 7.00. The summed E-state index contributed by atoms with van der Waals surface area (Å²) in [4.78, 5) is 11.7. The number of anilines is 1. The van der Waals surface area contributed by atoms with Gasteiger partial charge >= 0.3 is 0 Å². The van der Waals surface area contributed by atoms with Crippen LogP contribution in [-0.2, 0) is 12.8 Å². The van der Waals surface area contributed by atoms with Gasteiger partial charge in [0, 0.05) is 31.2 Å². The molecule has 23 heavy (non-hydrogen) atoms. The molecule has 0 aromatic carbocycles. The van der Waals surface area contributed by atoms with Gasteiger partial charge in [-0.1, -0.05) is 6.92 Å². The van der Waals surface area contributed by atoms with E-state index in [9.17, 15) is 0 Å².